The van der Waals surface area contributed by atoms with Crippen LogP contribution in [0.4, 0.5) is 95.9 Å². The molecule has 0 radical (unpaired) electrons. The molecule has 488 valence electrons. The molecule has 5 rings (SSSR count). The molecule has 0 saturated carbocycles. The lowest BCUT2D eigenvalue weighted by Crippen LogP contribution is -2.75. The minimum atomic E-state index is -8.88. The van der Waals surface area contributed by atoms with Gasteiger partial charge in [-0.15, -0.1) is 0 Å². The highest BCUT2D eigenvalue weighted by molar-refractivity contribution is 7.90. The van der Waals surface area contributed by atoms with Crippen LogP contribution in [-0.2, 0) is 42.3 Å². The van der Waals surface area contributed by atoms with Crippen molar-refractivity contribution in [3.8, 4) is 0 Å². The fourth-order valence-corrected chi connectivity index (χ4v) is 8.80. The number of carboxylic acid groups (broad SMARTS) is 1. The number of fused-ring (bicyclic) bond motifs is 1. The van der Waals surface area contributed by atoms with E-state index in [9.17, 15) is 122 Å². The van der Waals surface area contributed by atoms with Crippen molar-refractivity contribution in [2.24, 2.45) is 11.5 Å². The van der Waals surface area contributed by atoms with E-state index in [1.807, 2.05) is 30.3 Å². The summed E-state index contributed by atoms with van der Waals surface area (Å²) >= 11 is 0. The van der Waals surface area contributed by atoms with Crippen LogP contribution >= 0.6 is 0 Å². The highest BCUT2D eigenvalue weighted by Gasteiger charge is 2.96. The zero-order chi connectivity index (χ0) is 66.8. The first-order valence-corrected chi connectivity index (χ1v) is 26.0. The van der Waals surface area contributed by atoms with Crippen LogP contribution in [0.15, 0.2) is 65.6 Å². The molecule has 12 N–H and O–H groups in total. The number of anilines is 2. The maximum atomic E-state index is 14.1. The number of sulfonamides is 1. The second-order valence-corrected chi connectivity index (χ2v) is 20.5. The standard InChI is InChI=1S/C33H38N10O8.C13H10F17N3O3S/c34-25(44)14-13-23(29(46)41-24(31(48)49)8-4-5-15-36-33(50)51-18-19-6-2-1-3-7-19)40-28(45)20-9-11-21(12-10-20)37-16-22-17-38-27-26(39-22)30(47)43-32(35)42-27;14-6(15,8(18,19)10(22,23)12(26,27)28)7(16,17)9(20,21)11(24,25)13(29,30)37(35,36)33-3-1-32(2-4-33)5(31)34/h1-3,6-7,9-12,17,23-24,37H,4-5,8,13-16,18H2,(H2,34,44)(H,36,50)(H,40,45)(H,41,46)(H,48,49)(H3,35,38,42,43,47);1-4H2,(H2,31,34)/t23-,24-;/m0./s1. The molecule has 1 aliphatic heterocycles. The van der Waals surface area contributed by atoms with E-state index in [1.165, 1.54) is 18.3 Å². The molecule has 42 heteroatoms. The number of urea groups is 1. The van der Waals surface area contributed by atoms with Gasteiger partial charge in [-0.25, -0.2) is 32.8 Å². The number of unbranched alkanes of at least 4 members (excludes halogenated alkanes) is 1. The van der Waals surface area contributed by atoms with Crippen LogP contribution < -0.4 is 44.0 Å². The SMILES string of the molecule is NC(=O)CC[C@H](NC(=O)c1ccc(NCc2cnc3nc(N)[nH]c(=O)c3n2)cc1)C(=O)N[C@@H](CCCCNC(=O)OCc1ccccc1)C(=O)O.NC(=O)N1CCN(S(=O)(=O)C(F)(F)C(F)(F)C(F)(F)C(F)(F)C(F)(F)C(F)(F)C(F)(F)C(F)(F)F)CC1. The summed E-state index contributed by atoms with van der Waals surface area (Å²) in [4.78, 5) is 99.6. The zero-order valence-electron chi connectivity index (χ0n) is 44.2. The number of nitrogens with zero attached hydrogens (tertiary/aromatic N) is 5. The number of piperazine rings is 1. The number of carbonyl (C=O) groups excluding carboxylic acids is 5. The Morgan fingerprint density at radius 2 is 1.26 bits per heavy atom. The van der Waals surface area contributed by atoms with Crippen LogP contribution in [0.25, 0.3) is 11.2 Å². The Hall–Kier alpha value is -8.60. The number of primary amides is 2. The largest absolute Gasteiger partial charge is 0.480 e. The topological polar surface area (TPSA) is 370 Å². The number of aliphatic carboxylic acids is 1. The first-order valence-electron chi connectivity index (χ1n) is 24.6. The number of H-pyrrole nitrogens is 1. The second kappa shape index (κ2) is 27.6. The van der Waals surface area contributed by atoms with Crippen LogP contribution in [0.3, 0.4) is 0 Å². The van der Waals surface area contributed by atoms with Gasteiger partial charge in [-0.2, -0.15) is 83.9 Å². The molecule has 0 unspecified atom stereocenters. The predicted octanol–water partition coefficient (Wildman–Crippen LogP) is 4.92. The number of aromatic nitrogens is 4. The van der Waals surface area contributed by atoms with Crippen molar-refractivity contribution < 1.29 is 122 Å². The molecule has 6 amide bonds. The van der Waals surface area contributed by atoms with E-state index in [2.05, 4.69) is 41.2 Å². The lowest BCUT2D eigenvalue weighted by Gasteiger charge is -2.43. The number of alkyl halides is 17. The summed E-state index contributed by atoms with van der Waals surface area (Å²) < 4.78 is 254. The molecule has 4 aromatic rings. The summed E-state index contributed by atoms with van der Waals surface area (Å²) in [6.45, 7) is -4.41. The summed E-state index contributed by atoms with van der Waals surface area (Å²) in [6, 6.07) is 11.5. The Kier molecular flexibility index (Phi) is 22.6. The minimum Gasteiger partial charge on any atom is -0.480 e. The molecule has 2 aromatic carbocycles. The lowest BCUT2D eigenvalue weighted by molar-refractivity contribution is -0.458. The van der Waals surface area contributed by atoms with E-state index < -0.39 is 141 Å². The van der Waals surface area contributed by atoms with Crippen LogP contribution in [0.1, 0.15) is 53.7 Å². The number of nitrogens with two attached hydrogens (primary N) is 3. The number of nitrogen functional groups attached to an aromatic ring is 1. The number of alkyl carbamates (subject to hydrolysis) is 1. The van der Waals surface area contributed by atoms with E-state index in [-0.39, 0.29) is 61.6 Å². The number of rotatable bonds is 26. The number of halogens is 17. The van der Waals surface area contributed by atoms with Gasteiger partial charge in [-0.1, -0.05) is 30.3 Å². The third kappa shape index (κ3) is 15.7. The second-order valence-electron chi connectivity index (χ2n) is 18.5. The summed E-state index contributed by atoms with van der Waals surface area (Å²) in [5, 5.41) is 12.8. The number of nitrogens with one attached hydrogen (secondary N) is 5. The maximum absolute atomic E-state index is 14.1. The molecule has 24 nitrogen and oxygen atoms in total. The van der Waals surface area contributed by atoms with Gasteiger partial charge in [0.05, 0.1) is 18.4 Å². The maximum Gasteiger partial charge on any atom is 0.460 e. The fourth-order valence-electron chi connectivity index (χ4n) is 7.38. The molecule has 0 spiro atoms. The monoisotopic (exact) mass is 1310 g/mol. The molecule has 1 aliphatic rings. The average Bonchev–Trinajstić information content (AvgIpc) is 0.694. The van der Waals surface area contributed by atoms with E-state index in [1.54, 1.807) is 12.1 Å². The first-order chi connectivity index (χ1) is 40.4. The normalized spacial score (nSPS) is 14.8. The van der Waals surface area contributed by atoms with E-state index >= 15 is 0 Å². The molecular formula is C46H48F17N13O11S. The summed E-state index contributed by atoms with van der Waals surface area (Å²) in [7, 11) is -7.35. The van der Waals surface area contributed by atoms with Gasteiger partial charge in [0.25, 0.3) is 21.5 Å². The lowest BCUT2D eigenvalue weighted by atomic mass is 9.91. The number of ether oxygens (including phenoxy) is 1. The molecule has 3 heterocycles. The predicted molar refractivity (Wildman–Crippen MR) is 266 cm³/mol. The summed E-state index contributed by atoms with van der Waals surface area (Å²) in [5.74, 6) is -55.4. The van der Waals surface area contributed by atoms with Crippen LogP contribution in [0.5, 0.6) is 0 Å². The third-order valence-electron chi connectivity index (χ3n) is 12.3. The number of carboxylic acids is 1. The van der Waals surface area contributed by atoms with Gasteiger partial charge in [0, 0.05) is 50.4 Å². The number of amides is 6. The Balaban J connectivity index is 0.000000398. The Bertz CT molecular complexity index is 3330. The Morgan fingerprint density at radius 3 is 1.80 bits per heavy atom. The number of carbonyl (C=O) groups is 6. The van der Waals surface area contributed by atoms with Crippen molar-refractivity contribution in [1.29, 1.82) is 0 Å². The molecule has 1 saturated heterocycles. The number of hydrogen-bond donors (Lipinski definition) is 9. The number of benzene rings is 2. The van der Waals surface area contributed by atoms with Gasteiger partial charge in [0.1, 0.15) is 18.7 Å². The fraction of sp³-hybridized carbons (Fsp3) is 0.478. The smallest absolute Gasteiger partial charge is 0.460 e. The molecule has 2 atom stereocenters. The van der Waals surface area contributed by atoms with Crippen LogP contribution in [-0.4, -0.2) is 170 Å². The van der Waals surface area contributed by atoms with Gasteiger partial charge in [0.2, 0.25) is 17.8 Å². The number of hydrogen-bond acceptors (Lipinski definition) is 15. The third-order valence-corrected chi connectivity index (χ3v) is 14.3. The molecule has 2 aromatic heterocycles. The molecule has 0 bridgehead atoms. The van der Waals surface area contributed by atoms with Gasteiger partial charge >= 0.3 is 65.1 Å². The highest BCUT2D eigenvalue weighted by atomic mass is 32.2. The molecular weight excluding hydrogens is 1270 g/mol. The number of aromatic amines is 1. The van der Waals surface area contributed by atoms with E-state index in [0.717, 1.165) is 5.56 Å². The zero-order valence-corrected chi connectivity index (χ0v) is 45.1. The van der Waals surface area contributed by atoms with E-state index in [0.29, 0.717) is 29.1 Å². The van der Waals surface area contributed by atoms with Gasteiger partial charge < -0.3 is 53.2 Å². The quantitative estimate of drug-likeness (QED) is 0.0298. The van der Waals surface area contributed by atoms with E-state index in [4.69, 9.17) is 21.9 Å². The van der Waals surface area contributed by atoms with Crippen molar-refractivity contribution in [2.45, 2.75) is 104 Å². The molecule has 88 heavy (non-hydrogen) atoms. The van der Waals surface area contributed by atoms with Gasteiger partial charge in [-0.3, -0.25) is 24.2 Å². The van der Waals surface area contributed by atoms with Crippen molar-refractivity contribution in [3.05, 3.63) is 88.0 Å². The summed E-state index contributed by atoms with van der Waals surface area (Å²) in [5.41, 5.74) is 17.2. The highest BCUT2D eigenvalue weighted by Crippen LogP contribution is 2.64. The Morgan fingerprint density at radius 1 is 0.705 bits per heavy atom. The van der Waals surface area contributed by atoms with Crippen LogP contribution in [0, 0.1) is 0 Å². The minimum absolute atomic E-state index is 0.0337. The van der Waals surface area contributed by atoms with Crippen LogP contribution in [0.2, 0.25) is 0 Å². The van der Waals surface area contributed by atoms with Crippen molar-refractivity contribution in [1.82, 2.24) is 45.1 Å². The Labute approximate surface area is 482 Å². The van der Waals surface area contributed by atoms with Gasteiger partial charge in [0.15, 0.2) is 11.2 Å². The van der Waals surface area contributed by atoms with Crippen molar-refractivity contribution in [2.75, 3.05) is 43.8 Å². The van der Waals surface area contributed by atoms with Gasteiger partial charge in [-0.05, 0) is 55.5 Å². The molecule has 1 fully saturated rings. The van der Waals surface area contributed by atoms with Crippen molar-refractivity contribution >= 4 is 68.6 Å². The average molecular weight is 1310 g/mol. The van der Waals surface area contributed by atoms with Crippen molar-refractivity contribution in [3.63, 3.8) is 0 Å². The molecule has 0 aliphatic carbocycles. The summed E-state index contributed by atoms with van der Waals surface area (Å²) in [6.07, 6.45) is -6.67. The first kappa shape index (κ1) is 71.9.